The minimum absolute atomic E-state index is 0.0482. The van der Waals surface area contributed by atoms with Crippen molar-refractivity contribution in [1.29, 1.82) is 0 Å². The van der Waals surface area contributed by atoms with Crippen molar-refractivity contribution in [2.45, 2.75) is 13.0 Å². The van der Waals surface area contributed by atoms with Crippen molar-refractivity contribution in [2.75, 3.05) is 5.32 Å². The van der Waals surface area contributed by atoms with Crippen LogP contribution in [0, 0.1) is 0 Å². The number of rotatable bonds is 4. The Labute approximate surface area is 130 Å². The maximum atomic E-state index is 11.3. The zero-order chi connectivity index (χ0) is 14.7. The Kier molecular flexibility index (Phi) is 4.68. The summed E-state index contributed by atoms with van der Waals surface area (Å²) in [7, 11) is 0. The molecule has 0 spiro atoms. The van der Waals surface area contributed by atoms with Crippen LogP contribution in [0.4, 0.5) is 5.69 Å². The molecule has 0 bridgehead atoms. The molecule has 1 atom stereocenters. The van der Waals surface area contributed by atoms with Gasteiger partial charge in [0.2, 0.25) is 0 Å². The molecule has 2 aromatic carbocycles. The average Bonchev–Trinajstić information content (AvgIpc) is 2.40. The van der Waals surface area contributed by atoms with E-state index in [4.69, 9.17) is 11.6 Å². The summed E-state index contributed by atoms with van der Waals surface area (Å²) in [5.74, 6) is -0.966. The first-order chi connectivity index (χ1) is 9.47. The number of anilines is 1. The van der Waals surface area contributed by atoms with Gasteiger partial charge >= 0.3 is 5.97 Å². The summed E-state index contributed by atoms with van der Waals surface area (Å²) in [4.78, 5) is 11.3. The zero-order valence-electron chi connectivity index (χ0n) is 10.7. The summed E-state index contributed by atoms with van der Waals surface area (Å²) in [5.41, 5.74) is 1.80. The molecule has 2 aromatic rings. The first-order valence-corrected chi connectivity index (χ1v) is 7.19. The molecule has 0 heterocycles. The smallest absolute Gasteiger partial charge is 0.337 e. The Hall–Kier alpha value is -1.52. The molecule has 0 saturated heterocycles. The van der Waals surface area contributed by atoms with Crippen LogP contribution in [0.25, 0.3) is 0 Å². The number of hydrogen-bond acceptors (Lipinski definition) is 2. The Bertz CT molecular complexity index is 646. The number of carboxylic acid groups (broad SMARTS) is 1. The van der Waals surface area contributed by atoms with Gasteiger partial charge in [-0.25, -0.2) is 4.79 Å². The number of nitrogens with one attached hydrogen (secondary N) is 1. The lowest BCUT2D eigenvalue weighted by Crippen LogP contribution is -2.10. The molecule has 0 aliphatic heterocycles. The number of carbonyl (C=O) groups is 1. The van der Waals surface area contributed by atoms with Crippen LogP contribution in [-0.4, -0.2) is 11.1 Å². The Morgan fingerprint density at radius 3 is 2.70 bits per heavy atom. The van der Waals surface area contributed by atoms with E-state index in [9.17, 15) is 9.90 Å². The molecule has 3 nitrogen and oxygen atoms in total. The van der Waals surface area contributed by atoms with Gasteiger partial charge in [0, 0.05) is 21.2 Å². The second-order valence-corrected chi connectivity index (χ2v) is 5.77. The van der Waals surface area contributed by atoms with Crippen LogP contribution >= 0.6 is 27.5 Å². The molecule has 0 radical (unpaired) electrons. The Morgan fingerprint density at radius 2 is 2.05 bits per heavy atom. The molecular weight excluding hydrogens is 342 g/mol. The van der Waals surface area contributed by atoms with Crippen LogP contribution in [0.3, 0.4) is 0 Å². The van der Waals surface area contributed by atoms with Crippen LogP contribution in [0.1, 0.15) is 28.9 Å². The van der Waals surface area contributed by atoms with E-state index in [1.54, 1.807) is 24.3 Å². The lowest BCUT2D eigenvalue weighted by atomic mass is 10.1. The standard InChI is InChI=1S/C15H13BrClNO2/c1-9(10-3-2-4-12(17)7-10)18-14-6-5-11(16)8-13(14)15(19)20/h2-9,18H,1H3,(H,19,20). The maximum Gasteiger partial charge on any atom is 0.337 e. The zero-order valence-corrected chi connectivity index (χ0v) is 13.1. The lowest BCUT2D eigenvalue weighted by molar-refractivity contribution is 0.0698. The van der Waals surface area contributed by atoms with Crippen LogP contribution in [-0.2, 0) is 0 Å². The predicted molar refractivity (Wildman–Crippen MR) is 84.6 cm³/mol. The van der Waals surface area contributed by atoms with Crippen molar-refractivity contribution in [3.05, 3.63) is 63.1 Å². The van der Waals surface area contributed by atoms with E-state index >= 15 is 0 Å². The normalized spacial score (nSPS) is 11.9. The van der Waals surface area contributed by atoms with Gasteiger partial charge in [-0.1, -0.05) is 39.7 Å². The average molecular weight is 355 g/mol. The van der Waals surface area contributed by atoms with E-state index in [0.717, 1.165) is 10.0 Å². The van der Waals surface area contributed by atoms with E-state index in [0.29, 0.717) is 10.7 Å². The molecule has 0 fully saturated rings. The molecule has 0 aromatic heterocycles. The summed E-state index contributed by atoms with van der Waals surface area (Å²) < 4.78 is 0.732. The van der Waals surface area contributed by atoms with Crippen molar-refractivity contribution < 1.29 is 9.90 Å². The highest BCUT2D eigenvalue weighted by atomic mass is 79.9. The first-order valence-electron chi connectivity index (χ1n) is 6.02. The highest BCUT2D eigenvalue weighted by molar-refractivity contribution is 9.10. The van der Waals surface area contributed by atoms with Crippen molar-refractivity contribution in [2.24, 2.45) is 0 Å². The van der Waals surface area contributed by atoms with Crippen LogP contribution in [0.2, 0.25) is 5.02 Å². The highest BCUT2D eigenvalue weighted by Crippen LogP contribution is 2.26. The van der Waals surface area contributed by atoms with Gasteiger partial charge in [0.05, 0.1) is 5.56 Å². The molecule has 2 N–H and O–H groups in total. The van der Waals surface area contributed by atoms with Gasteiger partial charge in [-0.05, 0) is 42.8 Å². The summed E-state index contributed by atoms with van der Waals surface area (Å²) in [6.45, 7) is 1.96. The molecule has 0 aliphatic rings. The monoisotopic (exact) mass is 353 g/mol. The highest BCUT2D eigenvalue weighted by Gasteiger charge is 2.13. The summed E-state index contributed by atoms with van der Waals surface area (Å²) in [5, 5.41) is 13.1. The van der Waals surface area contributed by atoms with Gasteiger partial charge in [0.1, 0.15) is 0 Å². The van der Waals surface area contributed by atoms with Crippen LogP contribution < -0.4 is 5.32 Å². The van der Waals surface area contributed by atoms with E-state index in [2.05, 4.69) is 21.2 Å². The number of hydrogen-bond donors (Lipinski definition) is 2. The second kappa shape index (κ2) is 6.29. The molecule has 0 amide bonds. The van der Waals surface area contributed by atoms with E-state index in [-0.39, 0.29) is 11.6 Å². The summed E-state index contributed by atoms with van der Waals surface area (Å²) in [6, 6.07) is 12.6. The van der Waals surface area contributed by atoms with Crippen molar-refractivity contribution in [3.8, 4) is 0 Å². The molecule has 2 rings (SSSR count). The number of halogens is 2. The van der Waals surface area contributed by atoms with E-state index in [1.165, 1.54) is 0 Å². The molecule has 0 saturated carbocycles. The van der Waals surface area contributed by atoms with Crippen molar-refractivity contribution in [1.82, 2.24) is 0 Å². The number of benzene rings is 2. The van der Waals surface area contributed by atoms with Gasteiger partial charge in [0.25, 0.3) is 0 Å². The minimum atomic E-state index is -0.966. The summed E-state index contributed by atoms with van der Waals surface area (Å²) >= 11 is 9.24. The van der Waals surface area contributed by atoms with Gasteiger partial charge in [-0.15, -0.1) is 0 Å². The maximum absolute atomic E-state index is 11.3. The quantitative estimate of drug-likeness (QED) is 0.814. The SMILES string of the molecule is CC(Nc1ccc(Br)cc1C(=O)O)c1cccc(Cl)c1. The van der Waals surface area contributed by atoms with Crippen LogP contribution in [0.5, 0.6) is 0 Å². The second-order valence-electron chi connectivity index (χ2n) is 4.42. The van der Waals surface area contributed by atoms with Gasteiger partial charge < -0.3 is 10.4 Å². The van der Waals surface area contributed by atoms with E-state index in [1.807, 2.05) is 25.1 Å². The van der Waals surface area contributed by atoms with Gasteiger partial charge in [-0.2, -0.15) is 0 Å². The largest absolute Gasteiger partial charge is 0.478 e. The molecule has 20 heavy (non-hydrogen) atoms. The van der Waals surface area contributed by atoms with Gasteiger partial charge in [0.15, 0.2) is 0 Å². The summed E-state index contributed by atoms with van der Waals surface area (Å²) in [6.07, 6.45) is 0. The third-order valence-corrected chi connectivity index (χ3v) is 3.66. The predicted octanol–water partition coefficient (Wildman–Crippen LogP) is 4.97. The molecular formula is C15H13BrClNO2. The molecule has 1 unspecified atom stereocenters. The van der Waals surface area contributed by atoms with Crippen molar-refractivity contribution >= 4 is 39.2 Å². The third-order valence-electron chi connectivity index (χ3n) is 2.93. The van der Waals surface area contributed by atoms with E-state index < -0.39 is 5.97 Å². The molecule has 104 valence electrons. The van der Waals surface area contributed by atoms with Crippen molar-refractivity contribution in [3.63, 3.8) is 0 Å². The minimum Gasteiger partial charge on any atom is -0.478 e. The fourth-order valence-electron chi connectivity index (χ4n) is 1.91. The lowest BCUT2D eigenvalue weighted by Gasteiger charge is -2.17. The number of aromatic carboxylic acids is 1. The van der Waals surface area contributed by atoms with Gasteiger partial charge in [-0.3, -0.25) is 0 Å². The fraction of sp³-hybridized carbons (Fsp3) is 0.133. The molecule has 5 heteroatoms. The topological polar surface area (TPSA) is 49.3 Å². The fourth-order valence-corrected chi connectivity index (χ4v) is 2.47. The molecule has 0 aliphatic carbocycles. The Balaban J connectivity index is 2.28. The number of carboxylic acids is 1. The first kappa shape index (κ1) is 14.9. The third kappa shape index (κ3) is 3.52. The van der Waals surface area contributed by atoms with Crippen LogP contribution in [0.15, 0.2) is 46.9 Å². The Morgan fingerprint density at radius 1 is 1.30 bits per heavy atom.